The van der Waals surface area contributed by atoms with Gasteiger partial charge in [0.25, 0.3) is 0 Å². The van der Waals surface area contributed by atoms with Crippen LogP contribution in [0.4, 0.5) is 0 Å². The van der Waals surface area contributed by atoms with Crippen LogP contribution in [0.25, 0.3) is 0 Å². The van der Waals surface area contributed by atoms with Gasteiger partial charge in [0, 0.05) is 11.4 Å². The molecule has 0 aliphatic carbocycles. The molecule has 2 aromatic rings. The van der Waals surface area contributed by atoms with E-state index in [4.69, 9.17) is 0 Å². The molecule has 0 saturated carbocycles. The maximum Gasteiger partial charge on any atom is 0.0205 e. The van der Waals surface area contributed by atoms with Gasteiger partial charge in [-0.15, -0.1) is 11.8 Å². The van der Waals surface area contributed by atoms with Crippen LogP contribution in [0.5, 0.6) is 0 Å². The number of thioether (sulfide) groups is 1. The fourth-order valence-corrected chi connectivity index (χ4v) is 2.26. The van der Waals surface area contributed by atoms with Crippen LogP contribution in [0.15, 0.2) is 59.5 Å². The minimum atomic E-state index is 0.946. The van der Waals surface area contributed by atoms with Gasteiger partial charge >= 0.3 is 0 Å². The molecule has 0 heterocycles. The van der Waals surface area contributed by atoms with Gasteiger partial charge in [-0.2, -0.15) is 0 Å². The lowest BCUT2D eigenvalue weighted by Gasteiger charge is -2.06. The lowest BCUT2D eigenvalue weighted by atomic mass is 10.1. The summed E-state index contributed by atoms with van der Waals surface area (Å²) in [6.07, 6.45) is 3.19. The van der Waals surface area contributed by atoms with Gasteiger partial charge in [-0.05, 0) is 42.5 Å². The van der Waals surface area contributed by atoms with Crippen LogP contribution in [0.1, 0.15) is 11.1 Å². The molecule has 0 aromatic heterocycles. The first-order chi connectivity index (χ1) is 8.88. The van der Waals surface area contributed by atoms with Crippen LogP contribution in [0.2, 0.25) is 0 Å². The molecule has 2 rings (SSSR count). The lowest BCUT2D eigenvalue weighted by molar-refractivity contribution is 0.686. The third kappa shape index (κ3) is 4.21. The highest BCUT2D eigenvalue weighted by molar-refractivity contribution is 7.98. The van der Waals surface area contributed by atoms with Crippen molar-refractivity contribution >= 4 is 11.8 Å². The van der Waals surface area contributed by atoms with Crippen molar-refractivity contribution in [2.24, 2.45) is 0 Å². The molecule has 2 aromatic carbocycles. The van der Waals surface area contributed by atoms with Crippen molar-refractivity contribution < 1.29 is 0 Å². The van der Waals surface area contributed by atoms with Gasteiger partial charge in [-0.25, -0.2) is 0 Å². The van der Waals surface area contributed by atoms with Crippen LogP contribution in [-0.4, -0.2) is 12.8 Å². The van der Waals surface area contributed by atoms with Crippen molar-refractivity contribution in [1.29, 1.82) is 0 Å². The molecular weight excluding hydrogens is 238 g/mol. The normalized spacial score (nSPS) is 10.5. The Labute approximate surface area is 114 Å². The van der Waals surface area contributed by atoms with E-state index >= 15 is 0 Å². The minimum absolute atomic E-state index is 0.946. The first-order valence-corrected chi connectivity index (χ1v) is 7.48. The van der Waals surface area contributed by atoms with E-state index < -0.39 is 0 Å². The van der Waals surface area contributed by atoms with Crippen LogP contribution in [0, 0.1) is 0 Å². The highest BCUT2D eigenvalue weighted by Crippen LogP contribution is 2.14. The topological polar surface area (TPSA) is 12.0 Å². The van der Waals surface area contributed by atoms with E-state index in [1.54, 1.807) is 11.8 Å². The third-order valence-electron chi connectivity index (χ3n) is 2.92. The molecule has 0 bridgehead atoms. The van der Waals surface area contributed by atoms with Crippen LogP contribution >= 0.6 is 11.8 Å². The maximum atomic E-state index is 3.48. The smallest absolute Gasteiger partial charge is 0.0205 e. The molecule has 0 spiro atoms. The van der Waals surface area contributed by atoms with Crippen molar-refractivity contribution in [3.63, 3.8) is 0 Å². The van der Waals surface area contributed by atoms with Crippen LogP contribution in [-0.2, 0) is 13.0 Å². The first kappa shape index (κ1) is 13.2. The molecule has 0 aliphatic rings. The summed E-state index contributed by atoms with van der Waals surface area (Å²) in [5.74, 6) is 0. The number of rotatable bonds is 6. The standard InChI is InChI=1S/C16H19NS/c1-18-16-9-7-15(8-10-16)13-17-12-11-14-5-3-2-4-6-14/h2-10,17H,11-13H2,1H3. The SMILES string of the molecule is CSc1ccc(CNCCc2ccccc2)cc1. The van der Waals surface area contributed by atoms with E-state index in [9.17, 15) is 0 Å². The Morgan fingerprint density at radius 2 is 1.61 bits per heavy atom. The Morgan fingerprint density at radius 3 is 2.28 bits per heavy atom. The monoisotopic (exact) mass is 257 g/mol. The Balaban J connectivity index is 1.72. The molecule has 1 nitrogen and oxygen atoms in total. The van der Waals surface area contributed by atoms with E-state index in [0.717, 1.165) is 19.5 Å². The second-order valence-corrected chi connectivity index (χ2v) is 5.14. The largest absolute Gasteiger partial charge is 0.312 e. The van der Waals surface area contributed by atoms with Gasteiger partial charge in [0.15, 0.2) is 0 Å². The van der Waals surface area contributed by atoms with Gasteiger partial charge in [0.2, 0.25) is 0 Å². The fraction of sp³-hybridized carbons (Fsp3) is 0.250. The molecule has 0 amide bonds. The number of benzene rings is 2. The fourth-order valence-electron chi connectivity index (χ4n) is 1.85. The van der Waals surface area contributed by atoms with Crippen molar-refractivity contribution in [3.05, 3.63) is 65.7 Å². The molecule has 0 atom stereocenters. The predicted octanol–water partition coefficient (Wildman–Crippen LogP) is 3.74. The summed E-state index contributed by atoms with van der Waals surface area (Å²) in [6.45, 7) is 1.97. The van der Waals surface area contributed by atoms with E-state index in [0.29, 0.717) is 0 Å². The highest BCUT2D eigenvalue weighted by atomic mass is 32.2. The average Bonchev–Trinajstić information content (AvgIpc) is 2.45. The summed E-state index contributed by atoms with van der Waals surface area (Å²) < 4.78 is 0. The van der Waals surface area contributed by atoms with Crippen LogP contribution < -0.4 is 5.32 Å². The van der Waals surface area contributed by atoms with E-state index in [2.05, 4.69) is 66.2 Å². The Kier molecular flexibility index (Phi) is 5.31. The Morgan fingerprint density at radius 1 is 0.889 bits per heavy atom. The number of nitrogens with one attached hydrogen (secondary N) is 1. The average molecular weight is 257 g/mol. The Hall–Kier alpha value is -1.25. The summed E-state index contributed by atoms with van der Waals surface area (Å²) in [4.78, 5) is 1.32. The molecule has 0 aliphatic heterocycles. The molecule has 0 radical (unpaired) electrons. The van der Waals surface area contributed by atoms with Crippen molar-refractivity contribution in [2.45, 2.75) is 17.9 Å². The van der Waals surface area contributed by atoms with Gasteiger partial charge in [0.1, 0.15) is 0 Å². The minimum Gasteiger partial charge on any atom is -0.312 e. The molecule has 2 heteroatoms. The van der Waals surface area contributed by atoms with Crippen molar-refractivity contribution in [2.75, 3.05) is 12.8 Å². The molecule has 18 heavy (non-hydrogen) atoms. The van der Waals surface area contributed by atoms with E-state index in [1.807, 2.05) is 0 Å². The molecule has 0 unspecified atom stereocenters. The van der Waals surface area contributed by atoms with Gasteiger partial charge in [-0.1, -0.05) is 42.5 Å². The zero-order valence-corrected chi connectivity index (χ0v) is 11.5. The first-order valence-electron chi connectivity index (χ1n) is 6.26. The predicted molar refractivity (Wildman–Crippen MR) is 80.1 cm³/mol. The molecule has 94 valence electrons. The van der Waals surface area contributed by atoms with E-state index in [1.165, 1.54) is 16.0 Å². The van der Waals surface area contributed by atoms with E-state index in [-0.39, 0.29) is 0 Å². The van der Waals surface area contributed by atoms with Gasteiger partial charge in [0.05, 0.1) is 0 Å². The summed E-state index contributed by atoms with van der Waals surface area (Å²) in [7, 11) is 0. The Bertz CT molecular complexity index is 450. The number of hydrogen-bond donors (Lipinski definition) is 1. The quantitative estimate of drug-likeness (QED) is 0.625. The maximum absolute atomic E-state index is 3.48. The van der Waals surface area contributed by atoms with Gasteiger partial charge < -0.3 is 5.32 Å². The second kappa shape index (κ2) is 7.24. The third-order valence-corrected chi connectivity index (χ3v) is 3.67. The van der Waals surface area contributed by atoms with Gasteiger partial charge in [-0.3, -0.25) is 0 Å². The second-order valence-electron chi connectivity index (χ2n) is 4.26. The van der Waals surface area contributed by atoms with Crippen LogP contribution in [0.3, 0.4) is 0 Å². The molecular formula is C16H19NS. The van der Waals surface area contributed by atoms with Crippen molar-refractivity contribution in [3.8, 4) is 0 Å². The lowest BCUT2D eigenvalue weighted by Crippen LogP contribution is -2.16. The molecule has 0 fully saturated rings. The summed E-state index contributed by atoms with van der Waals surface area (Å²) in [5.41, 5.74) is 2.74. The number of hydrogen-bond acceptors (Lipinski definition) is 2. The molecule has 0 saturated heterocycles. The zero-order chi connectivity index (χ0) is 12.6. The summed E-state index contributed by atoms with van der Waals surface area (Å²) >= 11 is 1.78. The molecule has 1 N–H and O–H groups in total. The van der Waals surface area contributed by atoms with Crippen molar-refractivity contribution in [1.82, 2.24) is 5.32 Å². The highest BCUT2D eigenvalue weighted by Gasteiger charge is 1.95. The summed E-state index contributed by atoms with van der Waals surface area (Å²) in [5, 5.41) is 3.48. The zero-order valence-electron chi connectivity index (χ0n) is 10.7. The summed E-state index contributed by atoms with van der Waals surface area (Å²) in [6, 6.07) is 19.3.